The standard InChI is InChI=1S/C17H12BrN3O/c18-12-6-7-14-15(9-12)21-16(19-17(14)22)10-13(20-21)8-11-4-2-1-3-5-11/h1-7,9-10H,8H2,(H,19,22). The van der Waals surface area contributed by atoms with Crippen LogP contribution in [0.25, 0.3) is 16.6 Å². The van der Waals surface area contributed by atoms with E-state index in [9.17, 15) is 4.79 Å². The molecule has 0 aliphatic rings. The molecular formula is C17H12BrN3O. The molecule has 0 bridgehead atoms. The molecule has 0 unspecified atom stereocenters. The number of fused-ring (bicyclic) bond motifs is 3. The summed E-state index contributed by atoms with van der Waals surface area (Å²) >= 11 is 3.45. The van der Waals surface area contributed by atoms with E-state index in [1.807, 2.05) is 36.4 Å². The molecule has 108 valence electrons. The Morgan fingerprint density at radius 2 is 1.91 bits per heavy atom. The third-order valence-corrected chi connectivity index (χ3v) is 4.16. The molecule has 5 heteroatoms. The minimum atomic E-state index is -0.0961. The molecule has 0 radical (unpaired) electrons. The van der Waals surface area contributed by atoms with Crippen LogP contribution in [0.2, 0.25) is 0 Å². The zero-order valence-corrected chi connectivity index (χ0v) is 13.2. The van der Waals surface area contributed by atoms with Gasteiger partial charge >= 0.3 is 0 Å². The van der Waals surface area contributed by atoms with Gasteiger partial charge in [-0.1, -0.05) is 46.3 Å². The molecule has 4 aromatic rings. The molecular weight excluding hydrogens is 342 g/mol. The zero-order valence-electron chi connectivity index (χ0n) is 11.6. The van der Waals surface area contributed by atoms with Gasteiger partial charge in [-0.25, -0.2) is 4.52 Å². The highest BCUT2D eigenvalue weighted by Gasteiger charge is 2.09. The number of aromatic amines is 1. The van der Waals surface area contributed by atoms with Crippen LogP contribution in [0.15, 0.2) is 63.9 Å². The molecule has 2 heterocycles. The van der Waals surface area contributed by atoms with Crippen LogP contribution in [0.4, 0.5) is 0 Å². The fraction of sp³-hybridized carbons (Fsp3) is 0.0588. The predicted molar refractivity (Wildman–Crippen MR) is 90.3 cm³/mol. The SMILES string of the molecule is O=c1[nH]c2cc(Cc3ccccc3)nn2c2cc(Br)ccc12. The maximum atomic E-state index is 12.2. The Bertz CT molecular complexity index is 1030. The Hall–Kier alpha value is -2.40. The lowest BCUT2D eigenvalue weighted by molar-refractivity contribution is 0.925. The number of hydrogen-bond donors (Lipinski definition) is 1. The Balaban J connectivity index is 1.92. The lowest BCUT2D eigenvalue weighted by Gasteiger charge is -2.01. The van der Waals surface area contributed by atoms with E-state index in [1.54, 1.807) is 10.6 Å². The van der Waals surface area contributed by atoms with Gasteiger partial charge in [0.1, 0.15) is 5.65 Å². The summed E-state index contributed by atoms with van der Waals surface area (Å²) < 4.78 is 2.71. The van der Waals surface area contributed by atoms with Crippen molar-refractivity contribution in [1.82, 2.24) is 14.6 Å². The molecule has 0 spiro atoms. The number of H-pyrrole nitrogens is 1. The number of nitrogens with zero attached hydrogens (tertiary/aromatic N) is 2. The van der Waals surface area contributed by atoms with E-state index in [4.69, 9.17) is 0 Å². The Labute approximate surface area is 134 Å². The molecule has 4 nitrogen and oxygen atoms in total. The summed E-state index contributed by atoms with van der Waals surface area (Å²) in [6.07, 6.45) is 0.736. The van der Waals surface area contributed by atoms with Crippen molar-refractivity contribution in [3.05, 3.63) is 80.7 Å². The van der Waals surface area contributed by atoms with Gasteiger partial charge in [0.2, 0.25) is 0 Å². The van der Waals surface area contributed by atoms with Crippen LogP contribution in [-0.4, -0.2) is 14.6 Å². The summed E-state index contributed by atoms with van der Waals surface area (Å²) in [5.74, 6) is 0. The van der Waals surface area contributed by atoms with Crippen molar-refractivity contribution in [3.63, 3.8) is 0 Å². The molecule has 0 saturated carbocycles. The van der Waals surface area contributed by atoms with Crippen LogP contribution in [-0.2, 0) is 6.42 Å². The number of aromatic nitrogens is 3. The average Bonchev–Trinajstić information content (AvgIpc) is 2.90. The third kappa shape index (κ3) is 2.23. The van der Waals surface area contributed by atoms with Gasteiger partial charge in [-0.2, -0.15) is 5.10 Å². The molecule has 2 aromatic carbocycles. The van der Waals surface area contributed by atoms with Gasteiger partial charge in [0.25, 0.3) is 5.56 Å². The van der Waals surface area contributed by atoms with Crippen LogP contribution in [0.5, 0.6) is 0 Å². The summed E-state index contributed by atoms with van der Waals surface area (Å²) in [4.78, 5) is 15.0. The first-order chi connectivity index (χ1) is 10.7. The van der Waals surface area contributed by atoms with Crippen molar-refractivity contribution in [1.29, 1.82) is 0 Å². The van der Waals surface area contributed by atoms with Gasteiger partial charge in [0, 0.05) is 17.0 Å². The van der Waals surface area contributed by atoms with E-state index >= 15 is 0 Å². The van der Waals surface area contributed by atoms with Crippen LogP contribution < -0.4 is 5.56 Å². The fourth-order valence-corrected chi connectivity index (χ4v) is 3.00. The second kappa shape index (κ2) is 5.10. The molecule has 4 rings (SSSR count). The minimum Gasteiger partial charge on any atom is -0.306 e. The largest absolute Gasteiger partial charge is 0.306 e. The van der Waals surface area contributed by atoms with Crippen LogP contribution in [0.1, 0.15) is 11.3 Å². The summed E-state index contributed by atoms with van der Waals surface area (Å²) in [6.45, 7) is 0. The van der Waals surface area contributed by atoms with Crippen LogP contribution in [0.3, 0.4) is 0 Å². The molecule has 0 aliphatic carbocycles. The molecule has 0 amide bonds. The molecule has 22 heavy (non-hydrogen) atoms. The number of rotatable bonds is 2. The molecule has 0 fully saturated rings. The Kier molecular flexibility index (Phi) is 3.08. The highest BCUT2D eigenvalue weighted by molar-refractivity contribution is 9.10. The van der Waals surface area contributed by atoms with Gasteiger partial charge in [0.05, 0.1) is 16.6 Å². The molecule has 0 saturated heterocycles. The maximum Gasteiger partial charge on any atom is 0.259 e. The van der Waals surface area contributed by atoms with Crippen molar-refractivity contribution in [2.45, 2.75) is 6.42 Å². The van der Waals surface area contributed by atoms with Gasteiger partial charge < -0.3 is 4.98 Å². The predicted octanol–water partition coefficient (Wildman–Crippen LogP) is 3.53. The fourth-order valence-electron chi connectivity index (χ4n) is 2.65. The smallest absolute Gasteiger partial charge is 0.259 e. The van der Waals surface area contributed by atoms with Crippen molar-refractivity contribution in [2.24, 2.45) is 0 Å². The van der Waals surface area contributed by atoms with Crippen LogP contribution in [0, 0.1) is 0 Å². The van der Waals surface area contributed by atoms with E-state index < -0.39 is 0 Å². The Morgan fingerprint density at radius 3 is 2.73 bits per heavy atom. The van der Waals surface area contributed by atoms with Crippen LogP contribution >= 0.6 is 15.9 Å². The minimum absolute atomic E-state index is 0.0961. The van der Waals surface area contributed by atoms with Crippen molar-refractivity contribution >= 4 is 32.5 Å². The van der Waals surface area contributed by atoms with Crippen molar-refractivity contribution in [3.8, 4) is 0 Å². The van der Waals surface area contributed by atoms with Gasteiger partial charge in [0.15, 0.2) is 0 Å². The third-order valence-electron chi connectivity index (χ3n) is 3.66. The monoisotopic (exact) mass is 353 g/mol. The number of halogens is 1. The second-order valence-corrected chi connectivity index (χ2v) is 6.13. The number of benzene rings is 2. The molecule has 1 N–H and O–H groups in total. The Morgan fingerprint density at radius 1 is 1.09 bits per heavy atom. The number of hydrogen-bond acceptors (Lipinski definition) is 2. The quantitative estimate of drug-likeness (QED) is 0.599. The van der Waals surface area contributed by atoms with Crippen molar-refractivity contribution < 1.29 is 0 Å². The topological polar surface area (TPSA) is 50.2 Å². The molecule has 2 aromatic heterocycles. The highest BCUT2D eigenvalue weighted by Crippen LogP contribution is 2.19. The zero-order chi connectivity index (χ0) is 15.1. The average molecular weight is 354 g/mol. The first kappa shape index (κ1) is 13.3. The summed E-state index contributed by atoms with van der Waals surface area (Å²) in [7, 11) is 0. The van der Waals surface area contributed by atoms with E-state index in [1.165, 1.54) is 5.56 Å². The number of nitrogens with one attached hydrogen (secondary N) is 1. The summed E-state index contributed by atoms with van der Waals surface area (Å²) in [5.41, 5.74) is 3.53. The summed E-state index contributed by atoms with van der Waals surface area (Å²) in [5, 5.41) is 5.27. The summed E-state index contributed by atoms with van der Waals surface area (Å²) in [6, 6.07) is 17.7. The van der Waals surface area contributed by atoms with Crippen molar-refractivity contribution in [2.75, 3.05) is 0 Å². The van der Waals surface area contributed by atoms with Gasteiger partial charge in [-0.05, 0) is 23.8 Å². The molecule has 0 atom stereocenters. The van der Waals surface area contributed by atoms with Gasteiger partial charge in [-0.15, -0.1) is 0 Å². The van der Waals surface area contributed by atoms with E-state index in [2.05, 4.69) is 38.1 Å². The lowest BCUT2D eigenvalue weighted by Crippen LogP contribution is -2.09. The van der Waals surface area contributed by atoms with E-state index in [0.717, 1.165) is 22.1 Å². The first-order valence-electron chi connectivity index (χ1n) is 6.95. The van der Waals surface area contributed by atoms with E-state index in [0.29, 0.717) is 11.0 Å². The highest BCUT2D eigenvalue weighted by atomic mass is 79.9. The lowest BCUT2D eigenvalue weighted by atomic mass is 10.1. The normalized spacial score (nSPS) is 11.3. The van der Waals surface area contributed by atoms with E-state index in [-0.39, 0.29) is 5.56 Å². The maximum absolute atomic E-state index is 12.2. The molecule has 0 aliphatic heterocycles. The van der Waals surface area contributed by atoms with Gasteiger partial charge in [-0.3, -0.25) is 4.79 Å². The second-order valence-electron chi connectivity index (χ2n) is 5.21. The first-order valence-corrected chi connectivity index (χ1v) is 7.74.